The summed E-state index contributed by atoms with van der Waals surface area (Å²) in [5, 5.41) is 15.3. The van der Waals surface area contributed by atoms with Crippen molar-refractivity contribution in [3.63, 3.8) is 0 Å². The summed E-state index contributed by atoms with van der Waals surface area (Å²) in [5.41, 5.74) is -0.253. The van der Waals surface area contributed by atoms with Gasteiger partial charge in [0.05, 0.1) is 4.92 Å². The van der Waals surface area contributed by atoms with Crippen LogP contribution in [0, 0.1) is 10.1 Å². The Morgan fingerprint density at radius 2 is 2.03 bits per heavy atom. The summed E-state index contributed by atoms with van der Waals surface area (Å²) in [7, 11) is -0.906. The van der Waals surface area contributed by atoms with Crippen LogP contribution < -0.4 is 9.46 Å². The maximum atomic E-state index is 12.9. The third-order valence-corrected chi connectivity index (χ3v) is 6.18. The Kier molecular flexibility index (Phi) is 7.74. The van der Waals surface area contributed by atoms with Crippen molar-refractivity contribution in [2.45, 2.75) is 44.6 Å². The Balaban J connectivity index is 2.46. The standard InChI is InChI=1S/C19H27N5O6S/c1-6-10-22(4)19(25)15-12-18(23(5)20-15)30-16-9-8-14(24(26)27)11-17(16)31(28,29)21-13(3)7-2/h8-9,11-13,21H,6-7,10H2,1-5H3/t13-/m1/s1. The highest BCUT2D eigenvalue weighted by molar-refractivity contribution is 7.89. The Hall–Kier alpha value is -2.99. The number of hydrogen-bond acceptors (Lipinski definition) is 7. The second-order valence-electron chi connectivity index (χ2n) is 7.14. The number of nitrogens with zero attached hydrogens (tertiary/aromatic N) is 4. The molecule has 11 nitrogen and oxygen atoms in total. The average molecular weight is 454 g/mol. The van der Waals surface area contributed by atoms with Crippen LogP contribution in [0.25, 0.3) is 0 Å². The van der Waals surface area contributed by atoms with Gasteiger partial charge in [0.15, 0.2) is 5.69 Å². The second kappa shape index (κ2) is 9.88. The number of rotatable bonds is 10. The van der Waals surface area contributed by atoms with Crippen LogP contribution in [-0.4, -0.2) is 53.6 Å². The molecule has 0 fully saturated rings. The van der Waals surface area contributed by atoms with E-state index in [4.69, 9.17) is 4.74 Å². The first-order valence-electron chi connectivity index (χ1n) is 9.78. The van der Waals surface area contributed by atoms with Gasteiger partial charge in [-0.25, -0.2) is 17.8 Å². The van der Waals surface area contributed by atoms with E-state index in [1.165, 1.54) is 21.7 Å². The van der Waals surface area contributed by atoms with Crippen LogP contribution in [0.4, 0.5) is 5.69 Å². The molecule has 0 unspecified atom stereocenters. The number of nitro groups is 1. The van der Waals surface area contributed by atoms with E-state index in [0.29, 0.717) is 13.0 Å². The van der Waals surface area contributed by atoms with Crippen molar-refractivity contribution >= 4 is 21.6 Å². The number of aromatic nitrogens is 2. The van der Waals surface area contributed by atoms with Gasteiger partial charge in [0.25, 0.3) is 11.6 Å². The molecule has 1 aromatic heterocycles. The number of carbonyl (C=O) groups is 1. The van der Waals surface area contributed by atoms with E-state index in [1.807, 2.05) is 13.8 Å². The number of nitro benzene ring substituents is 1. The van der Waals surface area contributed by atoms with Gasteiger partial charge >= 0.3 is 0 Å². The minimum atomic E-state index is -4.11. The van der Waals surface area contributed by atoms with Gasteiger partial charge in [-0.2, -0.15) is 5.10 Å². The topological polar surface area (TPSA) is 137 Å². The molecule has 2 rings (SSSR count). The fraction of sp³-hybridized carbons (Fsp3) is 0.474. The summed E-state index contributed by atoms with van der Waals surface area (Å²) in [6.45, 7) is 5.99. The van der Waals surface area contributed by atoms with E-state index in [1.54, 1.807) is 21.0 Å². The first kappa shape index (κ1) is 24.3. The van der Waals surface area contributed by atoms with Crippen LogP contribution in [0.5, 0.6) is 11.6 Å². The lowest BCUT2D eigenvalue weighted by molar-refractivity contribution is -0.385. The number of carbonyl (C=O) groups excluding carboxylic acids is 1. The van der Waals surface area contributed by atoms with E-state index >= 15 is 0 Å². The van der Waals surface area contributed by atoms with Gasteiger partial charge in [0.1, 0.15) is 10.6 Å². The molecule has 0 bridgehead atoms. The van der Waals surface area contributed by atoms with Crippen molar-refractivity contribution in [1.82, 2.24) is 19.4 Å². The lowest BCUT2D eigenvalue weighted by atomic mass is 10.3. The summed E-state index contributed by atoms with van der Waals surface area (Å²) < 4.78 is 35.2. The van der Waals surface area contributed by atoms with Crippen molar-refractivity contribution in [2.75, 3.05) is 13.6 Å². The van der Waals surface area contributed by atoms with Gasteiger partial charge in [-0.15, -0.1) is 0 Å². The minimum Gasteiger partial charge on any atom is -0.438 e. The SMILES string of the molecule is CCCN(C)C(=O)c1cc(Oc2ccc([N+](=O)[O-])cc2S(=O)(=O)N[C@H](C)CC)n(C)n1. The number of nitrogens with one attached hydrogen (secondary N) is 1. The number of sulfonamides is 1. The number of amides is 1. The molecular formula is C19H27N5O6S. The highest BCUT2D eigenvalue weighted by atomic mass is 32.2. The normalized spacial score (nSPS) is 12.4. The Morgan fingerprint density at radius 3 is 2.61 bits per heavy atom. The molecule has 0 saturated carbocycles. The van der Waals surface area contributed by atoms with Crippen LogP contribution in [0.2, 0.25) is 0 Å². The van der Waals surface area contributed by atoms with E-state index in [0.717, 1.165) is 18.6 Å². The molecule has 0 saturated heterocycles. The minimum absolute atomic E-state index is 0.113. The van der Waals surface area contributed by atoms with E-state index in [9.17, 15) is 23.3 Å². The highest BCUT2D eigenvalue weighted by Crippen LogP contribution is 2.32. The molecule has 1 amide bonds. The average Bonchev–Trinajstić information content (AvgIpc) is 3.07. The molecule has 1 atom stereocenters. The first-order chi connectivity index (χ1) is 14.5. The van der Waals surface area contributed by atoms with E-state index < -0.39 is 14.9 Å². The number of aryl methyl sites for hydroxylation is 1. The summed E-state index contributed by atoms with van der Waals surface area (Å²) in [6, 6.07) is 4.31. The molecule has 1 aromatic carbocycles. The van der Waals surface area contributed by atoms with Gasteiger partial charge in [0, 0.05) is 44.9 Å². The monoisotopic (exact) mass is 453 g/mol. The number of non-ortho nitro benzene ring substituents is 1. The first-order valence-corrected chi connectivity index (χ1v) is 11.3. The Morgan fingerprint density at radius 1 is 1.35 bits per heavy atom. The smallest absolute Gasteiger partial charge is 0.274 e. The number of ether oxygens (including phenoxy) is 1. The zero-order valence-corrected chi connectivity index (χ0v) is 19.0. The van der Waals surface area contributed by atoms with Gasteiger partial charge in [-0.3, -0.25) is 14.9 Å². The summed E-state index contributed by atoms with van der Waals surface area (Å²) in [6.07, 6.45) is 1.31. The van der Waals surface area contributed by atoms with Crippen molar-refractivity contribution in [2.24, 2.45) is 7.05 Å². The molecule has 0 aliphatic rings. The summed E-state index contributed by atoms with van der Waals surface area (Å²) >= 11 is 0. The van der Waals surface area contributed by atoms with Crippen LogP contribution in [0.3, 0.4) is 0 Å². The maximum absolute atomic E-state index is 12.9. The molecule has 31 heavy (non-hydrogen) atoms. The van der Waals surface area contributed by atoms with Crippen LogP contribution in [0.15, 0.2) is 29.2 Å². The Bertz CT molecular complexity index is 1070. The number of benzene rings is 1. The molecule has 1 heterocycles. The zero-order valence-electron chi connectivity index (χ0n) is 18.2. The van der Waals surface area contributed by atoms with Gasteiger partial charge in [-0.1, -0.05) is 13.8 Å². The van der Waals surface area contributed by atoms with Gasteiger partial charge in [0.2, 0.25) is 15.9 Å². The lowest BCUT2D eigenvalue weighted by Crippen LogP contribution is -2.32. The summed E-state index contributed by atoms with van der Waals surface area (Å²) in [5.74, 6) is -0.310. The molecule has 0 spiro atoms. The van der Waals surface area contributed by atoms with Crippen LogP contribution in [-0.2, 0) is 17.1 Å². The summed E-state index contributed by atoms with van der Waals surface area (Å²) in [4.78, 5) is 24.1. The van der Waals surface area contributed by atoms with Gasteiger partial charge < -0.3 is 9.64 Å². The maximum Gasteiger partial charge on any atom is 0.274 e. The highest BCUT2D eigenvalue weighted by Gasteiger charge is 2.26. The fourth-order valence-electron chi connectivity index (χ4n) is 2.71. The molecule has 2 aromatic rings. The molecule has 0 aliphatic heterocycles. The van der Waals surface area contributed by atoms with Crippen molar-refractivity contribution in [1.29, 1.82) is 0 Å². The molecule has 0 radical (unpaired) electrons. The largest absolute Gasteiger partial charge is 0.438 e. The quantitative estimate of drug-likeness (QED) is 0.431. The second-order valence-corrected chi connectivity index (χ2v) is 8.82. The molecule has 1 N–H and O–H groups in total. The van der Waals surface area contributed by atoms with Crippen molar-refractivity contribution in [3.8, 4) is 11.6 Å². The van der Waals surface area contributed by atoms with Crippen molar-refractivity contribution < 1.29 is 22.9 Å². The van der Waals surface area contributed by atoms with Crippen molar-refractivity contribution in [3.05, 3.63) is 40.1 Å². The van der Waals surface area contributed by atoms with E-state index in [-0.39, 0.29) is 39.9 Å². The molecular weight excluding hydrogens is 426 g/mol. The molecule has 170 valence electrons. The fourth-order valence-corrected chi connectivity index (χ4v) is 4.19. The molecule has 0 aliphatic carbocycles. The van der Waals surface area contributed by atoms with E-state index in [2.05, 4.69) is 9.82 Å². The predicted octanol–water partition coefficient (Wildman–Crippen LogP) is 2.68. The van der Waals surface area contributed by atoms with Crippen LogP contribution >= 0.6 is 0 Å². The third-order valence-electron chi connectivity index (χ3n) is 4.57. The zero-order chi connectivity index (χ0) is 23.3. The Labute approximate surface area is 181 Å². The van der Waals surface area contributed by atoms with Gasteiger partial charge in [-0.05, 0) is 25.8 Å². The molecule has 12 heteroatoms. The lowest BCUT2D eigenvalue weighted by Gasteiger charge is -2.15. The van der Waals surface area contributed by atoms with Crippen LogP contribution in [0.1, 0.15) is 44.1 Å². The number of hydrogen-bond donors (Lipinski definition) is 1. The predicted molar refractivity (Wildman–Crippen MR) is 114 cm³/mol. The third kappa shape index (κ3) is 5.79.